The topological polar surface area (TPSA) is 66.5 Å². The lowest BCUT2D eigenvalue weighted by molar-refractivity contribution is -0.116. The number of nitrogens with zero attached hydrogens (tertiary/aromatic N) is 1. The predicted octanol–water partition coefficient (Wildman–Crippen LogP) is 2.36. The van der Waals surface area contributed by atoms with Crippen LogP contribution in [-0.2, 0) is 14.8 Å². The van der Waals surface area contributed by atoms with Gasteiger partial charge in [0.15, 0.2) is 0 Å². The first-order valence-corrected chi connectivity index (χ1v) is 8.59. The maximum Gasteiger partial charge on any atom is 0.239 e. The van der Waals surface area contributed by atoms with Crippen LogP contribution in [0.2, 0.25) is 10.0 Å². The molecular formula is C12H14Cl2N2O3S. The summed E-state index contributed by atoms with van der Waals surface area (Å²) in [5, 5.41) is 3.39. The molecule has 1 aliphatic carbocycles. The largest absolute Gasteiger partial charge is 0.325 e. The summed E-state index contributed by atoms with van der Waals surface area (Å²) in [5.41, 5.74) is 0.441. The molecule has 0 aromatic heterocycles. The minimum absolute atomic E-state index is 0.0568. The van der Waals surface area contributed by atoms with Crippen LogP contribution < -0.4 is 5.32 Å². The van der Waals surface area contributed by atoms with E-state index in [0.717, 1.165) is 19.1 Å². The molecule has 1 aliphatic rings. The number of nitrogens with one attached hydrogen (secondary N) is 1. The van der Waals surface area contributed by atoms with Gasteiger partial charge in [0.25, 0.3) is 0 Å². The predicted molar refractivity (Wildman–Crippen MR) is 79.7 cm³/mol. The van der Waals surface area contributed by atoms with Gasteiger partial charge in [0.05, 0.1) is 12.8 Å². The average molecular weight is 337 g/mol. The third-order valence-corrected chi connectivity index (χ3v) is 4.54. The van der Waals surface area contributed by atoms with Crippen LogP contribution in [0.15, 0.2) is 18.2 Å². The number of carbonyl (C=O) groups excluding carboxylic acids is 1. The molecule has 1 aromatic carbocycles. The highest BCUT2D eigenvalue weighted by molar-refractivity contribution is 7.88. The lowest BCUT2D eigenvalue weighted by Gasteiger charge is -2.18. The van der Waals surface area contributed by atoms with Crippen LogP contribution in [-0.4, -0.2) is 37.5 Å². The van der Waals surface area contributed by atoms with Crippen molar-refractivity contribution in [2.45, 2.75) is 18.9 Å². The minimum Gasteiger partial charge on any atom is -0.325 e. The number of halogens is 2. The molecule has 110 valence electrons. The Labute approximate surface area is 127 Å². The van der Waals surface area contributed by atoms with Gasteiger partial charge in [-0.25, -0.2) is 8.42 Å². The normalized spacial score (nSPS) is 15.4. The van der Waals surface area contributed by atoms with E-state index in [-0.39, 0.29) is 12.6 Å². The summed E-state index contributed by atoms with van der Waals surface area (Å²) in [6, 6.07) is 4.59. The van der Waals surface area contributed by atoms with Crippen molar-refractivity contribution in [1.29, 1.82) is 0 Å². The third-order valence-electron chi connectivity index (χ3n) is 2.83. The lowest BCUT2D eigenvalue weighted by atomic mass is 10.3. The van der Waals surface area contributed by atoms with Crippen molar-refractivity contribution >= 4 is 44.8 Å². The van der Waals surface area contributed by atoms with Crippen LogP contribution in [0.4, 0.5) is 5.69 Å². The standard InChI is InChI=1S/C12H14Cl2N2O3S/c1-20(18,19)16(11-2-3-11)7-12(17)15-10-5-8(13)4-9(14)6-10/h4-6,11H,2-3,7H2,1H3,(H,15,17). The van der Waals surface area contributed by atoms with Gasteiger partial charge in [-0.2, -0.15) is 4.31 Å². The highest BCUT2D eigenvalue weighted by Gasteiger charge is 2.36. The minimum atomic E-state index is -3.38. The molecule has 0 heterocycles. The molecule has 1 saturated carbocycles. The lowest BCUT2D eigenvalue weighted by Crippen LogP contribution is -2.38. The fourth-order valence-corrected chi connectivity index (χ4v) is 3.48. The Balaban J connectivity index is 2.04. The van der Waals surface area contributed by atoms with Gasteiger partial charge >= 0.3 is 0 Å². The molecule has 1 fully saturated rings. The van der Waals surface area contributed by atoms with Gasteiger partial charge in [0.1, 0.15) is 0 Å². The number of sulfonamides is 1. The molecule has 5 nitrogen and oxygen atoms in total. The van der Waals surface area contributed by atoms with Gasteiger partial charge in [-0.1, -0.05) is 23.2 Å². The SMILES string of the molecule is CS(=O)(=O)N(CC(=O)Nc1cc(Cl)cc(Cl)c1)C1CC1. The summed E-state index contributed by atoms with van der Waals surface area (Å²) in [6.07, 6.45) is 2.70. The number of hydrogen-bond donors (Lipinski definition) is 1. The van der Waals surface area contributed by atoms with Crippen molar-refractivity contribution in [3.8, 4) is 0 Å². The molecule has 20 heavy (non-hydrogen) atoms. The first-order chi connectivity index (χ1) is 9.25. The monoisotopic (exact) mass is 336 g/mol. The van der Waals surface area contributed by atoms with E-state index in [2.05, 4.69) is 5.32 Å². The molecule has 0 spiro atoms. The Morgan fingerprint density at radius 1 is 1.30 bits per heavy atom. The molecule has 0 unspecified atom stereocenters. The average Bonchev–Trinajstić information content (AvgIpc) is 3.06. The zero-order chi connectivity index (χ0) is 14.9. The van der Waals surface area contributed by atoms with Crippen molar-refractivity contribution in [3.05, 3.63) is 28.2 Å². The number of hydrogen-bond acceptors (Lipinski definition) is 3. The van der Waals surface area contributed by atoms with E-state index in [4.69, 9.17) is 23.2 Å². The van der Waals surface area contributed by atoms with E-state index in [9.17, 15) is 13.2 Å². The molecule has 1 amide bonds. The Hall–Kier alpha value is -0.820. The maximum absolute atomic E-state index is 11.9. The molecule has 0 saturated heterocycles. The van der Waals surface area contributed by atoms with Crippen LogP contribution in [0.1, 0.15) is 12.8 Å². The Morgan fingerprint density at radius 2 is 1.85 bits per heavy atom. The van der Waals surface area contributed by atoms with Crippen LogP contribution >= 0.6 is 23.2 Å². The first kappa shape index (κ1) is 15.6. The fourth-order valence-electron chi connectivity index (χ4n) is 1.85. The number of benzene rings is 1. The highest BCUT2D eigenvalue weighted by Crippen LogP contribution is 2.29. The molecule has 1 N–H and O–H groups in total. The molecule has 1 aromatic rings. The van der Waals surface area contributed by atoms with Crippen LogP contribution in [0, 0.1) is 0 Å². The van der Waals surface area contributed by atoms with Crippen LogP contribution in [0.25, 0.3) is 0 Å². The van der Waals surface area contributed by atoms with Crippen molar-refractivity contribution in [2.24, 2.45) is 0 Å². The second-order valence-corrected chi connectivity index (χ2v) is 7.55. The zero-order valence-corrected chi connectivity index (χ0v) is 13.1. The summed E-state index contributed by atoms with van der Waals surface area (Å²) in [6.45, 7) is -0.201. The van der Waals surface area contributed by atoms with E-state index in [1.807, 2.05) is 0 Å². The van der Waals surface area contributed by atoms with Gasteiger partial charge in [-0.15, -0.1) is 0 Å². The Bertz CT molecular complexity index is 609. The molecule has 0 radical (unpaired) electrons. The Morgan fingerprint density at radius 3 is 2.30 bits per heavy atom. The van der Waals surface area contributed by atoms with Gasteiger partial charge in [0.2, 0.25) is 15.9 Å². The quantitative estimate of drug-likeness (QED) is 0.897. The number of amides is 1. The van der Waals surface area contributed by atoms with Gasteiger partial charge in [-0.3, -0.25) is 4.79 Å². The number of anilines is 1. The molecule has 0 atom stereocenters. The van der Waals surface area contributed by atoms with Gasteiger partial charge in [0, 0.05) is 21.8 Å². The Kier molecular flexibility index (Phi) is 4.59. The van der Waals surface area contributed by atoms with Crippen LogP contribution in [0.3, 0.4) is 0 Å². The summed E-state index contributed by atoms with van der Waals surface area (Å²) in [4.78, 5) is 11.9. The second-order valence-electron chi connectivity index (χ2n) is 4.75. The summed E-state index contributed by atoms with van der Waals surface area (Å²) < 4.78 is 24.4. The number of rotatable bonds is 5. The summed E-state index contributed by atoms with van der Waals surface area (Å²) in [5.74, 6) is -0.416. The van der Waals surface area contributed by atoms with Gasteiger partial charge < -0.3 is 5.32 Å². The molecule has 0 aliphatic heterocycles. The zero-order valence-electron chi connectivity index (χ0n) is 10.8. The van der Waals surface area contributed by atoms with E-state index in [1.54, 1.807) is 18.2 Å². The maximum atomic E-state index is 11.9. The fraction of sp³-hybridized carbons (Fsp3) is 0.417. The third kappa shape index (κ3) is 4.34. The summed E-state index contributed by atoms with van der Waals surface area (Å²) >= 11 is 11.7. The van der Waals surface area contributed by atoms with Gasteiger partial charge in [-0.05, 0) is 31.0 Å². The van der Waals surface area contributed by atoms with Crippen molar-refractivity contribution in [2.75, 3.05) is 18.1 Å². The second kappa shape index (κ2) is 5.89. The van der Waals surface area contributed by atoms with E-state index >= 15 is 0 Å². The van der Waals surface area contributed by atoms with Crippen LogP contribution in [0.5, 0.6) is 0 Å². The smallest absolute Gasteiger partial charge is 0.239 e. The summed E-state index contributed by atoms with van der Waals surface area (Å²) in [7, 11) is -3.38. The molecular weight excluding hydrogens is 323 g/mol. The molecule has 2 rings (SSSR count). The first-order valence-electron chi connectivity index (χ1n) is 5.98. The van der Waals surface area contributed by atoms with Crippen molar-refractivity contribution in [1.82, 2.24) is 4.31 Å². The molecule has 8 heteroatoms. The molecule has 0 bridgehead atoms. The van der Waals surface area contributed by atoms with E-state index in [0.29, 0.717) is 15.7 Å². The highest BCUT2D eigenvalue weighted by atomic mass is 35.5. The van der Waals surface area contributed by atoms with E-state index in [1.165, 1.54) is 4.31 Å². The van der Waals surface area contributed by atoms with Crippen molar-refractivity contribution in [3.63, 3.8) is 0 Å². The number of carbonyl (C=O) groups is 1. The van der Waals surface area contributed by atoms with Crippen molar-refractivity contribution < 1.29 is 13.2 Å². The van der Waals surface area contributed by atoms with E-state index < -0.39 is 15.9 Å².